The predicted molar refractivity (Wildman–Crippen MR) is 116 cm³/mol. The zero-order valence-electron chi connectivity index (χ0n) is 16.6. The number of urea groups is 1. The van der Waals surface area contributed by atoms with E-state index in [1.807, 2.05) is 12.1 Å². The molecule has 1 saturated heterocycles. The van der Waals surface area contributed by atoms with E-state index in [1.165, 1.54) is 24.8 Å². The Bertz CT molecular complexity index is 665. The normalized spacial score (nSPS) is 23.1. The average Bonchev–Trinajstić information content (AvgIpc) is 3.14. The van der Waals surface area contributed by atoms with Gasteiger partial charge in [0, 0.05) is 30.7 Å². The summed E-state index contributed by atoms with van der Waals surface area (Å²) >= 11 is 5.98. The van der Waals surface area contributed by atoms with E-state index in [9.17, 15) is 4.79 Å². The molecule has 2 N–H and O–H groups in total. The zero-order valence-corrected chi connectivity index (χ0v) is 17.3. The van der Waals surface area contributed by atoms with Gasteiger partial charge in [-0.15, -0.1) is 6.58 Å². The second kappa shape index (κ2) is 10.6. The molecule has 2 aliphatic rings. The molecule has 28 heavy (non-hydrogen) atoms. The molecule has 5 heteroatoms. The smallest absolute Gasteiger partial charge is 0.315 e. The van der Waals surface area contributed by atoms with Crippen molar-refractivity contribution in [2.24, 2.45) is 11.8 Å². The molecule has 1 saturated carbocycles. The van der Waals surface area contributed by atoms with Crippen molar-refractivity contribution in [1.29, 1.82) is 0 Å². The molecule has 1 unspecified atom stereocenters. The van der Waals surface area contributed by atoms with Gasteiger partial charge in [-0.1, -0.05) is 42.3 Å². The van der Waals surface area contributed by atoms with Crippen LogP contribution in [0.25, 0.3) is 0 Å². The van der Waals surface area contributed by atoms with Crippen LogP contribution >= 0.6 is 11.6 Å². The first-order valence-electron chi connectivity index (χ1n) is 10.5. The summed E-state index contributed by atoms with van der Waals surface area (Å²) in [6, 6.07) is 8.41. The molecule has 0 bridgehead atoms. The van der Waals surface area contributed by atoms with Gasteiger partial charge in [-0.25, -0.2) is 4.79 Å². The van der Waals surface area contributed by atoms with E-state index in [0.717, 1.165) is 43.3 Å². The molecule has 4 nitrogen and oxygen atoms in total. The van der Waals surface area contributed by atoms with Crippen LogP contribution in [0, 0.1) is 11.8 Å². The molecule has 2 fully saturated rings. The Morgan fingerprint density at radius 2 is 1.93 bits per heavy atom. The van der Waals surface area contributed by atoms with Gasteiger partial charge in [-0.2, -0.15) is 0 Å². The van der Waals surface area contributed by atoms with Crippen molar-refractivity contribution < 1.29 is 4.79 Å². The maximum Gasteiger partial charge on any atom is 0.315 e. The van der Waals surface area contributed by atoms with Crippen LogP contribution in [-0.4, -0.2) is 36.6 Å². The fraction of sp³-hybridized carbons (Fsp3) is 0.522. The van der Waals surface area contributed by atoms with Crippen LogP contribution < -0.4 is 10.6 Å². The number of benzene rings is 1. The Morgan fingerprint density at radius 1 is 1.18 bits per heavy atom. The van der Waals surface area contributed by atoms with Crippen molar-refractivity contribution in [1.82, 2.24) is 15.5 Å². The molecular formula is C23H32ClN3O. The lowest BCUT2D eigenvalue weighted by molar-refractivity contribution is 0.234. The van der Waals surface area contributed by atoms with Gasteiger partial charge in [0.15, 0.2) is 0 Å². The molecule has 1 aromatic rings. The molecule has 0 spiro atoms. The standard InChI is InChI=1S/C23H32ClN3O/c1-2-13-25-23(28)26-22-5-3-4-20(22)12-16-27-14-10-19(11-15-27)17-18-6-8-21(24)9-7-18/h2,6-9,12,16,19-20,22H,1,3-5,10-11,13-15,17H2,(H2,25,26,28)/b16-12+/t20?,22-/m1/s1. The van der Waals surface area contributed by atoms with E-state index in [0.29, 0.717) is 12.5 Å². The van der Waals surface area contributed by atoms with Gasteiger partial charge in [0.1, 0.15) is 0 Å². The van der Waals surface area contributed by atoms with Crippen LogP contribution in [0.2, 0.25) is 5.02 Å². The number of halogens is 1. The van der Waals surface area contributed by atoms with Crippen molar-refractivity contribution in [2.45, 2.75) is 44.6 Å². The first-order chi connectivity index (χ1) is 13.6. The van der Waals surface area contributed by atoms with E-state index in [-0.39, 0.29) is 12.1 Å². The van der Waals surface area contributed by atoms with Gasteiger partial charge in [-0.3, -0.25) is 0 Å². The summed E-state index contributed by atoms with van der Waals surface area (Å²) < 4.78 is 0. The number of carbonyl (C=O) groups excluding carboxylic acids is 1. The Labute approximate surface area is 174 Å². The van der Waals surface area contributed by atoms with Gasteiger partial charge < -0.3 is 15.5 Å². The summed E-state index contributed by atoms with van der Waals surface area (Å²) in [5, 5.41) is 6.72. The first kappa shape index (κ1) is 20.8. The quantitative estimate of drug-likeness (QED) is 0.647. The largest absolute Gasteiger partial charge is 0.378 e. The second-order valence-electron chi connectivity index (χ2n) is 8.00. The summed E-state index contributed by atoms with van der Waals surface area (Å²) in [5.41, 5.74) is 1.38. The number of amides is 2. The van der Waals surface area contributed by atoms with Crippen molar-refractivity contribution >= 4 is 17.6 Å². The Hall–Kier alpha value is -1.94. The van der Waals surface area contributed by atoms with Crippen molar-refractivity contribution in [3.05, 3.63) is 59.8 Å². The van der Waals surface area contributed by atoms with Crippen molar-refractivity contribution in [3.8, 4) is 0 Å². The lowest BCUT2D eigenvalue weighted by Crippen LogP contribution is -2.43. The maximum absolute atomic E-state index is 11.9. The second-order valence-corrected chi connectivity index (χ2v) is 8.43. The van der Waals surface area contributed by atoms with E-state index >= 15 is 0 Å². The zero-order chi connectivity index (χ0) is 19.8. The summed E-state index contributed by atoms with van der Waals surface area (Å²) in [7, 11) is 0. The SMILES string of the molecule is C=CCNC(=O)N[C@@H]1CCCC1/C=C/N1CCC(Cc2ccc(Cl)cc2)CC1. The van der Waals surface area contributed by atoms with Crippen LogP contribution in [0.4, 0.5) is 4.79 Å². The number of hydrogen-bond acceptors (Lipinski definition) is 2. The third-order valence-corrected chi connectivity index (χ3v) is 6.18. The van der Waals surface area contributed by atoms with Gasteiger partial charge in [0.05, 0.1) is 0 Å². The molecular weight excluding hydrogens is 370 g/mol. The first-order valence-corrected chi connectivity index (χ1v) is 10.8. The summed E-state index contributed by atoms with van der Waals surface area (Å²) in [5.74, 6) is 1.18. The molecule has 152 valence electrons. The molecule has 0 aromatic heterocycles. The van der Waals surface area contributed by atoms with E-state index < -0.39 is 0 Å². The topological polar surface area (TPSA) is 44.4 Å². The van der Waals surface area contributed by atoms with Crippen LogP contribution in [0.15, 0.2) is 49.2 Å². The minimum atomic E-state index is -0.0896. The molecule has 2 atom stereocenters. The number of nitrogens with zero attached hydrogens (tertiary/aromatic N) is 1. The third-order valence-electron chi connectivity index (χ3n) is 5.92. The highest BCUT2D eigenvalue weighted by atomic mass is 35.5. The van der Waals surface area contributed by atoms with Crippen LogP contribution in [-0.2, 0) is 6.42 Å². The monoisotopic (exact) mass is 401 g/mol. The molecule has 1 aliphatic heterocycles. The summed E-state index contributed by atoms with van der Waals surface area (Å²) in [4.78, 5) is 14.3. The summed E-state index contributed by atoms with van der Waals surface area (Å²) in [6.45, 7) is 6.35. The maximum atomic E-state index is 11.9. The van der Waals surface area contributed by atoms with Gasteiger partial charge in [0.25, 0.3) is 0 Å². The van der Waals surface area contributed by atoms with Gasteiger partial charge in [-0.05, 0) is 67.8 Å². The Balaban J connectivity index is 1.42. The predicted octanol–water partition coefficient (Wildman–Crippen LogP) is 4.76. The van der Waals surface area contributed by atoms with Crippen molar-refractivity contribution in [3.63, 3.8) is 0 Å². The fourth-order valence-electron chi connectivity index (χ4n) is 4.27. The van der Waals surface area contributed by atoms with Gasteiger partial charge in [0.2, 0.25) is 0 Å². The number of nitrogens with one attached hydrogen (secondary N) is 2. The average molecular weight is 402 g/mol. The minimum Gasteiger partial charge on any atom is -0.378 e. The third kappa shape index (κ3) is 6.30. The minimum absolute atomic E-state index is 0.0896. The van der Waals surface area contributed by atoms with Crippen molar-refractivity contribution in [2.75, 3.05) is 19.6 Å². The Morgan fingerprint density at radius 3 is 2.64 bits per heavy atom. The van der Waals surface area contributed by atoms with E-state index in [2.05, 4.69) is 46.5 Å². The number of rotatable bonds is 7. The molecule has 0 radical (unpaired) electrons. The highest BCUT2D eigenvalue weighted by Crippen LogP contribution is 2.28. The van der Waals surface area contributed by atoms with Crippen LogP contribution in [0.3, 0.4) is 0 Å². The van der Waals surface area contributed by atoms with Crippen LogP contribution in [0.5, 0.6) is 0 Å². The molecule has 1 heterocycles. The van der Waals surface area contributed by atoms with Gasteiger partial charge >= 0.3 is 6.03 Å². The van der Waals surface area contributed by atoms with E-state index in [1.54, 1.807) is 6.08 Å². The number of hydrogen-bond donors (Lipinski definition) is 2. The highest BCUT2D eigenvalue weighted by Gasteiger charge is 2.27. The molecule has 1 aliphatic carbocycles. The molecule has 3 rings (SSSR count). The number of carbonyl (C=O) groups is 1. The molecule has 1 aromatic carbocycles. The Kier molecular flexibility index (Phi) is 7.84. The summed E-state index contributed by atoms with van der Waals surface area (Å²) in [6.07, 6.45) is 13.2. The number of likely N-dealkylation sites (tertiary alicyclic amines) is 1. The highest BCUT2D eigenvalue weighted by molar-refractivity contribution is 6.30. The lowest BCUT2D eigenvalue weighted by atomic mass is 9.90. The number of piperidine rings is 1. The molecule has 2 amide bonds. The lowest BCUT2D eigenvalue weighted by Gasteiger charge is -2.31. The fourth-order valence-corrected chi connectivity index (χ4v) is 4.40. The van der Waals surface area contributed by atoms with E-state index in [4.69, 9.17) is 11.6 Å². The van der Waals surface area contributed by atoms with Crippen LogP contribution in [0.1, 0.15) is 37.7 Å².